The second kappa shape index (κ2) is 7.03. The standard InChI is InChI=1S/C14H23N3OS/c1-11(9-17-5-3-2-4-6-17)16-8-13-7-12(10-19-13)14(15)18/h7,10-11,16H,2-6,8-9H2,1H3,(H2,15,18). The van der Waals surface area contributed by atoms with E-state index in [0.29, 0.717) is 11.6 Å². The van der Waals surface area contributed by atoms with Crippen molar-refractivity contribution < 1.29 is 4.79 Å². The van der Waals surface area contributed by atoms with E-state index < -0.39 is 0 Å². The molecule has 4 nitrogen and oxygen atoms in total. The fraction of sp³-hybridized carbons (Fsp3) is 0.643. The quantitative estimate of drug-likeness (QED) is 0.836. The van der Waals surface area contributed by atoms with Crippen molar-refractivity contribution in [2.75, 3.05) is 19.6 Å². The molecule has 1 amide bonds. The van der Waals surface area contributed by atoms with Gasteiger partial charge in [0.2, 0.25) is 5.91 Å². The number of nitrogens with two attached hydrogens (primary N) is 1. The fourth-order valence-electron chi connectivity index (χ4n) is 2.47. The molecule has 2 heterocycles. The molecule has 1 atom stereocenters. The number of hydrogen-bond acceptors (Lipinski definition) is 4. The second-order valence-electron chi connectivity index (χ2n) is 5.31. The molecular formula is C14H23N3OS. The maximum absolute atomic E-state index is 11.0. The highest BCUT2D eigenvalue weighted by Crippen LogP contribution is 2.14. The van der Waals surface area contributed by atoms with E-state index in [1.54, 1.807) is 11.3 Å². The van der Waals surface area contributed by atoms with E-state index >= 15 is 0 Å². The van der Waals surface area contributed by atoms with Crippen LogP contribution < -0.4 is 11.1 Å². The van der Waals surface area contributed by atoms with Crippen LogP contribution in [0.15, 0.2) is 11.4 Å². The first-order chi connectivity index (χ1) is 9.15. The van der Waals surface area contributed by atoms with Gasteiger partial charge in [-0.15, -0.1) is 11.3 Å². The second-order valence-corrected chi connectivity index (χ2v) is 6.30. The zero-order valence-corrected chi connectivity index (χ0v) is 12.3. The number of nitrogens with zero attached hydrogens (tertiary/aromatic N) is 1. The lowest BCUT2D eigenvalue weighted by Crippen LogP contribution is -2.41. The zero-order chi connectivity index (χ0) is 13.7. The molecule has 0 spiro atoms. The number of piperidine rings is 1. The van der Waals surface area contributed by atoms with Crippen molar-refractivity contribution in [1.29, 1.82) is 0 Å². The van der Waals surface area contributed by atoms with Crippen molar-refractivity contribution >= 4 is 17.2 Å². The lowest BCUT2D eigenvalue weighted by molar-refractivity contribution is 0.100. The Morgan fingerprint density at radius 1 is 1.47 bits per heavy atom. The molecule has 0 saturated carbocycles. The molecule has 0 bridgehead atoms. The Balaban J connectivity index is 1.72. The summed E-state index contributed by atoms with van der Waals surface area (Å²) in [5.41, 5.74) is 5.86. The van der Waals surface area contributed by atoms with Gasteiger partial charge in [-0.25, -0.2) is 0 Å². The average molecular weight is 281 g/mol. The lowest BCUT2D eigenvalue weighted by Gasteiger charge is -2.29. The van der Waals surface area contributed by atoms with Crippen LogP contribution in [0.5, 0.6) is 0 Å². The molecule has 19 heavy (non-hydrogen) atoms. The van der Waals surface area contributed by atoms with E-state index in [0.717, 1.165) is 13.1 Å². The topological polar surface area (TPSA) is 58.4 Å². The van der Waals surface area contributed by atoms with Gasteiger partial charge in [-0.05, 0) is 38.9 Å². The third-order valence-corrected chi connectivity index (χ3v) is 4.48. The van der Waals surface area contributed by atoms with Crippen LogP contribution in [0, 0.1) is 0 Å². The van der Waals surface area contributed by atoms with Gasteiger partial charge in [-0.2, -0.15) is 0 Å². The van der Waals surface area contributed by atoms with Crippen LogP contribution in [-0.4, -0.2) is 36.5 Å². The Hall–Kier alpha value is -0.910. The number of hydrogen-bond donors (Lipinski definition) is 2. The van der Waals surface area contributed by atoms with Gasteiger partial charge in [0.25, 0.3) is 0 Å². The minimum Gasteiger partial charge on any atom is -0.366 e. The number of carbonyl (C=O) groups excluding carboxylic acids is 1. The summed E-state index contributed by atoms with van der Waals surface area (Å²) in [6.45, 7) is 6.60. The van der Waals surface area contributed by atoms with Crippen molar-refractivity contribution in [3.8, 4) is 0 Å². The maximum atomic E-state index is 11.0. The van der Waals surface area contributed by atoms with Gasteiger partial charge in [0.1, 0.15) is 0 Å². The van der Waals surface area contributed by atoms with E-state index in [2.05, 4.69) is 17.1 Å². The van der Waals surface area contributed by atoms with E-state index in [9.17, 15) is 4.79 Å². The lowest BCUT2D eigenvalue weighted by atomic mass is 10.1. The third kappa shape index (κ3) is 4.60. The van der Waals surface area contributed by atoms with Crippen molar-refractivity contribution in [1.82, 2.24) is 10.2 Å². The van der Waals surface area contributed by atoms with Gasteiger partial charge in [0.15, 0.2) is 0 Å². The Morgan fingerprint density at radius 3 is 2.84 bits per heavy atom. The number of nitrogens with one attached hydrogen (secondary N) is 1. The average Bonchev–Trinajstić information content (AvgIpc) is 2.86. The molecule has 0 aliphatic carbocycles. The molecule has 5 heteroatoms. The molecule has 1 aromatic heterocycles. The largest absolute Gasteiger partial charge is 0.366 e. The minimum absolute atomic E-state index is 0.344. The number of carbonyl (C=O) groups is 1. The van der Waals surface area contributed by atoms with Crippen molar-refractivity contribution in [3.05, 3.63) is 21.9 Å². The van der Waals surface area contributed by atoms with Crippen LogP contribution in [0.1, 0.15) is 41.4 Å². The molecule has 1 unspecified atom stereocenters. The molecule has 3 N–H and O–H groups in total. The summed E-state index contributed by atoms with van der Waals surface area (Å²) in [4.78, 5) is 14.7. The van der Waals surface area contributed by atoms with Crippen molar-refractivity contribution in [3.63, 3.8) is 0 Å². The number of rotatable bonds is 6. The summed E-state index contributed by atoms with van der Waals surface area (Å²) >= 11 is 1.59. The first-order valence-electron chi connectivity index (χ1n) is 6.98. The monoisotopic (exact) mass is 281 g/mol. The van der Waals surface area contributed by atoms with Crippen LogP contribution in [0.3, 0.4) is 0 Å². The normalized spacial score (nSPS) is 18.4. The minimum atomic E-state index is -0.344. The van der Waals surface area contributed by atoms with Gasteiger partial charge in [-0.3, -0.25) is 4.79 Å². The van der Waals surface area contributed by atoms with Crippen LogP contribution in [0.25, 0.3) is 0 Å². The smallest absolute Gasteiger partial charge is 0.249 e. The SMILES string of the molecule is CC(CN1CCCCC1)NCc1cc(C(N)=O)cs1. The molecule has 0 aromatic carbocycles. The van der Waals surface area contributed by atoms with Crippen LogP contribution in [-0.2, 0) is 6.54 Å². The molecule has 106 valence electrons. The van der Waals surface area contributed by atoms with Gasteiger partial charge >= 0.3 is 0 Å². The highest BCUT2D eigenvalue weighted by Gasteiger charge is 2.13. The van der Waals surface area contributed by atoms with Gasteiger partial charge in [0, 0.05) is 29.4 Å². The summed E-state index contributed by atoms with van der Waals surface area (Å²) in [7, 11) is 0. The Bertz CT molecular complexity index is 413. The summed E-state index contributed by atoms with van der Waals surface area (Å²) in [6, 6.07) is 2.35. The van der Waals surface area contributed by atoms with Crippen molar-refractivity contribution in [2.24, 2.45) is 5.73 Å². The van der Waals surface area contributed by atoms with Crippen LogP contribution >= 0.6 is 11.3 Å². The number of thiophene rings is 1. The Labute approximate surface area is 119 Å². The molecule has 1 fully saturated rings. The van der Waals surface area contributed by atoms with E-state index in [4.69, 9.17) is 5.73 Å². The van der Waals surface area contributed by atoms with Crippen LogP contribution in [0.4, 0.5) is 0 Å². The molecule has 1 aliphatic rings. The van der Waals surface area contributed by atoms with Gasteiger partial charge < -0.3 is 16.0 Å². The first-order valence-corrected chi connectivity index (χ1v) is 7.86. The van der Waals surface area contributed by atoms with E-state index in [1.807, 2.05) is 11.4 Å². The first kappa shape index (κ1) is 14.5. The predicted molar refractivity (Wildman–Crippen MR) is 79.4 cm³/mol. The van der Waals surface area contributed by atoms with Crippen molar-refractivity contribution in [2.45, 2.75) is 38.8 Å². The Kier molecular flexibility index (Phi) is 5.36. The molecule has 1 aliphatic heterocycles. The fourth-order valence-corrected chi connectivity index (χ4v) is 3.30. The van der Waals surface area contributed by atoms with Gasteiger partial charge in [0.05, 0.1) is 5.56 Å². The maximum Gasteiger partial charge on any atom is 0.249 e. The number of likely N-dealkylation sites (tertiary alicyclic amines) is 1. The number of primary amides is 1. The summed E-state index contributed by atoms with van der Waals surface area (Å²) in [5.74, 6) is -0.344. The molecule has 1 aromatic rings. The van der Waals surface area contributed by atoms with Crippen LogP contribution in [0.2, 0.25) is 0 Å². The summed E-state index contributed by atoms with van der Waals surface area (Å²) in [5, 5.41) is 5.34. The molecule has 0 radical (unpaired) electrons. The molecule has 2 rings (SSSR count). The molecule has 1 saturated heterocycles. The summed E-state index contributed by atoms with van der Waals surface area (Å²) < 4.78 is 0. The Morgan fingerprint density at radius 2 is 2.21 bits per heavy atom. The van der Waals surface area contributed by atoms with E-state index in [-0.39, 0.29) is 5.91 Å². The molecular weight excluding hydrogens is 258 g/mol. The van der Waals surface area contributed by atoms with E-state index in [1.165, 1.54) is 37.2 Å². The summed E-state index contributed by atoms with van der Waals surface area (Å²) in [6.07, 6.45) is 4.04. The number of amides is 1. The predicted octanol–water partition coefficient (Wildman–Crippen LogP) is 1.81. The zero-order valence-electron chi connectivity index (χ0n) is 11.5. The highest BCUT2D eigenvalue weighted by molar-refractivity contribution is 7.10. The van der Waals surface area contributed by atoms with Gasteiger partial charge in [-0.1, -0.05) is 6.42 Å². The third-order valence-electron chi connectivity index (χ3n) is 3.54. The highest BCUT2D eigenvalue weighted by atomic mass is 32.1.